The molecule has 18 heavy (non-hydrogen) atoms. The molecule has 1 aromatic carbocycles. The van der Waals surface area contributed by atoms with Crippen LogP contribution in [0.4, 0.5) is 5.69 Å². The molecular weight excluding hydrogens is 254 g/mol. The van der Waals surface area contributed by atoms with Crippen molar-refractivity contribution in [1.29, 1.82) is 0 Å². The van der Waals surface area contributed by atoms with Gasteiger partial charge in [0.25, 0.3) is 0 Å². The maximum atomic E-state index is 12.2. The third-order valence-electron chi connectivity index (χ3n) is 2.25. The number of para-hydroxylation sites is 1. The standard InChI is InChI=1S/C11H11N3O3S/c1-17-10(15)8-6-13-11(14-8)18(16)9-5-3-2-4-7(9)12/h2-6H,12H2,1H3,(H,13,14). The van der Waals surface area contributed by atoms with Crippen molar-refractivity contribution in [3.05, 3.63) is 36.2 Å². The second-order valence-electron chi connectivity index (χ2n) is 3.40. The monoisotopic (exact) mass is 265 g/mol. The maximum absolute atomic E-state index is 12.2. The van der Waals surface area contributed by atoms with Gasteiger partial charge in [0.2, 0.25) is 5.16 Å². The van der Waals surface area contributed by atoms with Gasteiger partial charge in [-0.15, -0.1) is 0 Å². The lowest BCUT2D eigenvalue weighted by Gasteiger charge is -2.02. The summed E-state index contributed by atoms with van der Waals surface area (Å²) in [7, 11) is -0.297. The molecule has 0 radical (unpaired) electrons. The van der Waals surface area contributed by atoms with Crippen LogP contribution in [0, 0.1) is 0 Å². The number of imidazole rings is 1. The minimum atomic E-state index is -1.56. The largest absolute Gasteiger partial charge is 0.464 e. The van der Waals surface area contributed by atoms with Crippen molar-refractivity contribution in [2.24, 2.45) is 0 Å². The number of esters is 1. The van der Waals surface area contributed by atoms with E-state index >= 15 is 0 Å². The van der Waals surface area contributed by atoms with Crippen LogP contribution >= 0.6 is 0 Å². The first-order valence-electron chi connectivity index (χ1n) is 5.03. The van der Waals surface area contributed by atoms with Crippen LogP contribution in [0.1, 0.15) is 10.5 Å². The Kier molecular flexibility index (Phi) is 3.42. The molecule has 1 atom stereocenters. The highest BCUT2D eigenvalue weighted by molar-refractivity contribution is 7.85. The Balaban J connectivity index is 2.33. The molecule has 1 unspecified atom stereocenters. The van der Waals surface area contributed by atoms with E-state index in [-0.39, 0.29) is 10.9 Å². The van der Waals surface area contributed by atoms with Gasteiger partial charge in [0.05, 0.1) is 18.2 Å². The fraction of sp³-hybridized carbons (Fsp3) is 0.0909. The molecule has 0 saturated heterocycles. The van der Waals surface area contributed by atoms with Crippen LogP contribution in [0.2, 0.25) is 0 Å². The second-order valence-corrected chi connectivity index (χ2v) is 4.76. The molecule has 0 aliphatic carbocycles. The number of H-pyrrole nitrogens is 1. The summed E-state index contributed by atoms with van der Waals surface area (Å²) in [5, 5.41) is 0.160. The summed E-state index contributed by atoms with van der Waals surface area (Å²) in [4.78, 5) is 18.2. The molecule has 0 amide bonds. The van der Waals surface area contributed by atoms with E-state index in [4.69, 9.17) is 5.73 Å². The molecule has 0 saturated carbocycles. The van der Waals surface area contributed by atoms with Crippen LogP contribution in [0.3, 0.4) is 0 Å². The molecule has 0 aliphatic heterocycles. The number of hydrogen-bond acceptors (Lipinski definition) is 5. The fourth-order valence-corrected chi connectivity index (χ4v) is 2.41. The quantitative estimate of drug-likeness (QED) is 0.636. The highest BCUT2D eigenvalue weighted by Gasteiger charge is 2.16. The molecule has 3 N–H and O–H groups in total. The van der Waals surface area contributed by atoms with Crippen molar-refractivity contribution in [1.82, 2.24) is 9.97 Å². The van der Waals surface area contributed by atoms with Crippen molar-refractivity contribution in [2.75, 3.05) is 12.8 Å². The first-order valence-corrected chi connectivity index (χ1v) is 6.18. The van der Waals surface area contributed by atoms with Gasteiger partial charge in [-0.3, -0.25) is 0 Å². The molecule has 1 aromatic heterocycles. The zero-order chi connectivity index (χ0) is 13.1. The summed E-state index contributed by atoms with van der Waals surface area (Å²) < 4.78 is 16.7. The first-order chi connectivity index (χ1) is 8.63. The highest BCUT2D eigenvalue weighted by atomic mass is 32.2. The summed E-state index contributed by atoms with van der Waals surface area (Å²) in [5.41, 5.74) is 6.28. The molecule has 0 bridgehead atoms. The number of nitrogens with one attached hydrogen (secondary N) is 1. The second kappa shape index (κ2) is 5.01. The average Bonchev–Trinajstić information content (AvgIpc) is 2.87. The number of nitrogens with zero attached hydrogens (tertiary/aromatic N) is 1. The number of aromatic amines is 1. The molecule has 1 heterocycles. The maximum Gasteiger partial charge on any atom is 0.356 e. The van der Waals surface area contributed by atoms with E-state index in [1.807, 2.05) is 0 Å². The van der Waals surface area contributed by atoms with Gasteiger partial charge in [0.15, 0.2) is 0 Å². The molecule has 0 fully saturated rings. The Morgan fingerprint density at radius 3 is 2.83 bits per heavy atom. The number of nitrogen functional groups attached to an aromatic ring is 1. The lowest BCUT2D eigenvalue weighted by Crippen LogP contribution is -2.03. The normalized spacial score (nSPS) is 12.1. The first kappa shape index (κ1) is 12.3. The SMILES string of the molecule is COC(=O)c1cnc(S(=O)c2ccccc2N)[nH]1. The Morgan fingerprint density at radius 1 is 1.44 bits per heavy atom. The Morgan fingerprint density at radius 2 is 2.17 bits per heavy atom. The average molecular weight is 265 g/mol. The van der Waals surface area contributed by atoms with Gasteiger partial charge in [-0.25, -0.2) is 14.0 Å². The zero-order valence-electron chi connectivity index (χ0n) is 9.54. The number of methoxy groups -OCH3 is 1. The fourth-order valence-electron chi connectivity index (χ4n) is 1.36. The Hall–Kier alpha value is -2.15. The number of ether oxygens (including phenoxy) is 1. The molecule has 6 nitrogen and oxygen atoms in total. The third kappa shape index (κ3) is 2.25. The topological polar surface area (TPSA) is 98.1 Å². The number of anilines is 1. The summed E-state index contributed by atoms with van der Waals surface area (Å²) in [6, 6.07) is 6.77. The van der Waals surface area contributed by atoms with Crippen LogP contribution in [0.15, 0.2) is 40.5 Å². The lowest BCUT2D eigenvalue weighted by atomic mass is 10.3. The van der Waals surface area contributed by atoms with Gasteiger partial charge >= 0.3 is 5.97 Å². The van der Waals surface area contributed by atoms with Crippen molar-refractivity contribution >= 4 is 22.5 Å². The number of rotatable bonds is 3. The molecule has 94 valence electrons. The minimum absolute atomic E-state index is 0.148. The Labute approximate surface area is 106 Å². The van der Waals surface area contributed by atoms with Gasteiger partial charge < -0.3 is 15.5 Å². The van der Waals surface area contributed by atoms with Crippen LogP contribution < -0.4 is 5.73 Å². The van der Waals surface area contributed by atoms with Crippen LogP contribution in [-0.2, 0) is 15.5 Å². The summed E-state index contributed by atoms with van der Waals surface area (Å²) in [6.45, 7) is 0. The number of aromatic nitrogens is 2. The lowest BCUT2D eigenvalue weighted by molar-refractivity contribution is 0.0594. The predicted octanol–water partition coefficient (Wildman–Crippen LogP) is 0.945. The predicted molar refractivity (Wildman–Crippen MR) is 65.5 cm³/mol. The van der Waals surface area contributed by atoms with E-state index in [0.29, 0.717) is 10.6 Å². The van der Waals surface area contributed by atoms with Crippen molar-refractivity contribution in [3.8, 4) is 0 Å². The van der Waals surface area contributed by atoms with E-state index in [1.54, 1.807) is 24.3 Å². The van der Waals surface area contributed by atoms with Gasteiger partial charge in [0.1, 0.15) is 16.5 Å². The van der Waals surface area contributed by atoms with Gasteiger partial charge in [-0.2, -0.15) is 0 Å². The summed E-state index contributed by atoms with van der Waals surface area (Å²) in [6.07, 6.45) is 1.28. The smallest absolute Gasteiger partial charge is 0.356 e. The van der Waals surface area contributed by atoms with Gasteiger partial charge in [-0.1, -0.05) is 12.1 Å². The number of benzene rings is 1. The molecule has 2 rings (SSSR count). The minimum Gasteiger partial charge on any atom is -0.464 e. The van der Waals surface area contributed by atoms with E-state index in [1.165, 1.54) is 13.3 Å². The molecular formula is C11H11N3O3S. The Bertz CT molecular complexity index is 609. The van der Waals surface area contributed by atoms with E-state index in [2.05, 4.69) is 14.7 Å². The van der Waals surface area contributed by atoms with Crippen molar-refractivity contribution < 1.29 is 13.7 Å². The van der Waals surface area contributed by atoms with Crippen LogP contribution in [0.25, 0.3) is 0 Å². The molecule has 0 aliphatic rings. The summed E-state index contributed by atoms with van der Waals surface area (Å²) >= 11 is 0. The number of carbonyl (C=O) groups is 1. The third-order valence-corrected chi connectivity index (χ3v) is 3.58. The van der Waals surface area contributed by atoms with Crippen LogP contribution in [-0.4, -0.2) is 27.3 Å². The zero-order valence-corrected chi connectivity index (χ0v) is 10.4. The van der Waals surface area contributed by atoms with Crippen molar-refractivity contribution in [2.45, 2.75) is 10.1 Å². The molecule has 2 aromatic rings. The number of hydrogen-bond donors (Lipinski definition) is 2. The van der Waals surface area contributed by atoms with Gasteiger partial charge in [-0.05, 0) is 12.1 Å². The number of nitrogens with two attached hydrogens (primary N) is 1. The molecule has 7 heteroatoms. The van der Waals surface area contributed by atoms with E-state index in [0.717, 1.165) is 0 Å². The molecule has 0 spiro atoms. The van der Waals surface area contributed by atoms with E-state index in [9.17, 15) is 9.00 Å². The van der Waals surface area contributed by atoms with Crippen LogP contribution in [0.5, 0.6) is 0 Å². The van der Waals surface area contributed by atoms with Gasteiger partial charge in [0, 0.05) is 5.69 Å². The summed E-state index contributed by atoms with van der Waals surface area (Å²) in [5.74, 6) is -0.563. The van der Waals surface area contributed by atoms with Crippen molar-refractivity contribution in [3.63, 3.8) is 0 Å². The number of carbonyl (C=O) groups excluding carboxylic acids is 1. The van der Waals surface area contributed by atoms with E-state index < -0.39 is 16.8 Å². The highest BCUT2D eigenvalue weighted by Crippen LogP contribution is 2.19.